The molecule has 454 valence electrons. The summed E-state index contributed by atoms with van der Waals surface area (Å²) >= 11 is 0. The van der Waals surface area contributed by atoms with Crippen molar-refractivity contribution in [2.24, 2.45) is 0 Å². The van der Waals surface area contributed by atoms with Crippen molar-refractivity contribution in [2.75, 3.05) is 23.9 Å². The number of aliphatic hydroxyl groups excluding tert-OH is 2. The molecule has 10 aromatic rings. The molecule has 0 saturated heterocycles. The number of halogens is 8. The second-order valence-electron chi connectivity index (χ2n) is 17.7. The fourth-order valence-electron chi connectivity index (χ4n) is 7.37. The van der Waals surface area contributed by atoms with Crippen LogP contribution in [-0.2, 0) is 91.8 Å². The number of carbonyl (C=O) groups is 1. The molecule has 0 fully saturated rings. The zero-order valence-corrected chi connectivity index (χ0v) is 55.5. The Bertz CT molecular complexity index is 3740. The van der Waals surface area contributed by atoms with Crippen molar-refractivity contribution in [1.29, 1.82) is 0 Å². The average molecular weight is 1880 g/mol. The molecule has 0 spiro atoms. The molecule has 0 amide bonds. The van der Waals surface area contributed by atoms with Crippen molar-refractivity contribution in [3.8, 4) is 45.0 Å². The third kappa shape index (κ3) is 22.9. The van der Waals surface area contributed by atoms with Gasteiger partial charge in [0.25, 0.3) is 0 Å². The average Bonchev–Trinajstić information content (AvgIpc) is 2.45. The molecule has 21 heteroatoms. The third-order valence-electron chi connectivity index (χ3n) is 11.1. The monoisotopic (exact) mass is 1890 g/mol. The molecule has 0 aliphatic heterocycles. The molecule has 9 nitrogen and oxygen atoms in total. The Kier molecular flexibility index (Phi) is 32.5. The standard InChI is InChI=1S/C23H15F2N2.C13H11F2N2.C12H8F2NO.C12H8F2N.C5H8O2.4Ir/c24-17-11-12-21(22(25)15-17)23-16-20(13-14-26-23)27(18-7-3-1-4-8-18)19-9-5-2-6-10-19;1-17(2)10-5-6-16-13(8-10)11-4-3-9(14)7-12(11)15;13-9-1-2-10(11(14)6-9)12-5-8(7-16)3-4-15-12;1-8-4-5-15-12(6-8)10-3-2-9(13)7-11(10)14;1-4(6)3-5(2)7;;;;/h1-11,13-16H;3,5-8H,1-2H3;1,3-6,16H,7H2;2,4-7H,1H3;3,6H,1-2H3;;;;/q4*-1;;;;;. The molecule has 4 aromatic heterocycles. The maximum absolute atomic E-state index is 14.2. The summed E-state index contributed by atoms with van der Waals surface area (Å²) in [6.45, 7) is 4.58. The van der Waals surface area contributed by atoms with Crippen LogP contribution >= 0.6 is 0 Å². The van der Waals surface area contributed by atoms with Gasteiger partial charge >= 0.3 is 0 Å². The van der Waals surface area contributed by atoms with Gasteiger partial charge in [-0.3, -0.25) is 39.9 Å². The number of rotatable bonds is 10. The normalized spacial score (nSPS) is 10.0. The van der Waals surface area contributed by atoms with Crippen LogP contribution < -0.4 is 9.80 Å². The van der Waals surface area contributed by atoms with Crippen molar-refractivity contribution < 1.29 is 131 Å². The minimum atomic E-state index is -0.720. The molecule has 4 heterocycles. The molecule has 0 bridgehead atoms. The number of nitrogens with zero attached hydrogens (tertiary/aromatic N) is 6. The summed E-state index contributed by atoms with van der Waals surface area (Å²) in [7, 11) is 3.76. The fourth-order valence-corrected chi connectivity index (χ4v) is 7.37. The van der Waals surface area contributed by atoms with Gasteiger partial charge in [-0.15, -0.1) is 48.5 Å². The van der Waals surface area contributed by atoms with Crippen LogP contribution in [0, 0.1) is 77.7 Å². The molecule has 0 unspecified atom stereocenters. The molecule has 0 aliphatic rings. The fraction of sp³-hybridized carbons (Fsp3) is 0.0923. The number of anilines is 4. The van der Waals surface area contributed by atoms with Crippen LogP contribution in [0.15, 0.2) is 194 Å². The van der Waals surface area contributed by atoms with Crippen molar-refractivity contribution in [2.45, 2.75) is 27.4 Å². The Morgan fingerprint density at radius 3 is 1.13 bits per heavy atom. The van der Waals surface area contributed by atoms with Gasteiger partial charge in [0.15, 0.2) is 5.78 Å². The first kappa shape index (κ1) is 74.8. The van der Waals surface area contributed by atoms with Crippen LogP contribution in [-0.4, -0.2) is 50.0 Å². The van der Waals surface area contributed by atoms with E-state index < -0.39 is 46.5 Å². The van der Waals surface area contributed by atoms with Crippen LogP contribution in [0.5, 0.6) is 0 Å². The van der Waals surface area contributed by atoms with Gasteiger partial charge in [-0.05, 0) is 97.6 Å². The van der Waals surface area contributed by atoms with Gasteiger partial charge in [-0.1, -0.05) is 113 Å². The first-order chi connectivity index (χ1) is 39.3. The molecule has 0 atom stereocenters. The van der Waals surface area contributed by atoms with Crippen LogP contribution in [0.25, 0.3) is 45.0 Å². The van der Waals surface area contributed by atoms with E-state index in [2.05, 4.69) is 44.2 Å². The number of aryl methyl sites for hydroxylation is 1. The summed E-state index contributed by atoms with van der Waals surface area (Å²) in [6, 6.07) is 51.4. The minimum Gasteiger partial charge on any atom is -0.512 e. The molecular weight excluding hydrogens is 1830 g/mol. The topological polar surface area (TPSA) is 116 Å². The van der Waals surface area contributed by atoms with Crippen LogP contribution in [0.4, 0.5) is 57.9 Å². The summed E-state index contributed by atoms with van der Waals surface area (Å²) in [4.78, 5) is 30.2. The number of pyridine rings is 4. The summed E-state index contributed by atoms with van der Waals surface area (Å²) in [5, 5.41) is 17.3. The van der Waals surface area contributed by atoms with Gasteiger partial charge in [0, 0.05) is 195 Å². The first-order valence-electron chi connectivity index (χ1n) is 24.6. The van der Waals surface area contributed by atoms with E-state index in [1.807, 2.05) is 110 Å². The Hall–Kier alpha value is -7.27. The van der Waals surface area contributed by atoms with E-state index in [0.717, 1.165) is 76.8 Å². The molecule has 86 heavy (non-hydrogen) atoms. The number of para-hydroxylation sites is 2. The molecule has 0 saturated carbocycles. The van der Waals surface area contributed by atoms with Gasteiger partial charge < -0.3 is 39.9 Å². The summed E-state index contributed by atoms with van der Waals surface area (Å²) < 4.78 is 106. The Labute approximate surface area is 547 Å². The molecule has 6 aromatic carbocycles. The molecule has 0 aliphatic carbocycles. The molecule has 2 N–H and O–H groups in total. The summed E-state index contributed by atoms with van der Waals surface area (Å²) in [5.74, 6) is -5.40. The van der Waals surface area contributed by atoms with Crippen LogP contribution in [0.3, 0.4) is 0 Å². The Morgan fingerprint density at radius 2 is 0.802 bits per heavy atom. The smallest absolute Gasteiger partial charge is 0.155 e. The third-order valence-corrected chi connectivity index (χ3v) is 11.1. The predicted octanol–water partition coefficient (Wildman–Crippen LogP) is 15.7. The van der Waals surface area contributed by atoms with E-state index in [1.54, 1.807) is 42.9 Å². The van der Waals surface area contributed by atoms with Crippen molar-refractivity contribution in [1.82, 2.24) is 19.9 Å². The minimum absolute atomic E-state index is 0. The van der Waals surface area contributed by atoms with Gasteiger partial charge in [-0.25, -0.2) is 0 Å². The molecular formula is C65H50F8Ir4N6O3-4. The van der Waals surface area contributed by atoms with E-state index in [0.29, 0.717) is 28.3 Å². The number of hydrogen-bond donors (Lipinski definition) is 2. The van der Waals surface area contributed by atoms with Crippen LogP contribution in [0.1, 0.15) is 25.0 Å². The van der Waals surface area contributed by atoms with Gasteiger partial charge in [0.05, 0.1) is 12.4 Å². The predicted molar refractivity (Wildman–Crippen MR) is 300 cm³/mol. The maximum Gasteiger partial charge on any atom is 0.155 e. The Morgan fingerprint density at radius 1 is 0.465 bits per heavy atom. The number of aromatic nitrogens is 4. The summed E-state index contributed by atoms with van der Waals surface area (Å²) in [5.41, 5.74) is 7.44. The SMILES string of the molecule is CC(=O)C=C(C)O.CN(C)c1ccnc(-c2[c-]cc(F)cc2F)c1.Cc1ccnc(-c2[c-]cc(F)cc2F)c1.Fc1c[c-]c(-c2cc(N(c3ccccc3)c3ccccc3)ccn2)c(F)c1.OCc1ccnc(-c2[c-]cc(F)cc2F)c1.[Ir].[Ir].[Ir].[Ir]. The van der Waals surface area contributed by atoms with Crippen molar-refractivity contribution >= 4 is 28.5 Å². The summed E-state index contributed by atoms with van der Waals surface area (Å²) in [6.07, 6.45) is 7.40. The second kappa shape index (κ2) is 37.3. The van der Waals surface area contributed by atoms with E-state index in [1.165, 1.54) is 32.2 Å². The van der Waals surface area contributed by atoms with E-state index in [-0.39, 0.29) is 121 Å². The van der Waals surface area contributed by atoms with Crippen molar-refractivity contribution in [3.05, 3.63) is 276 Å². The zero-order chi connectivity index (χ0) is 59.3. The second-order valence-corrected chi connectivity index (χ2v) is 17.7. The van der Waals surface area contributed by atoms with Crippen molar-refractivity contribution in [3.63, 3.8) is 0 Å². The zero-order valence-electron chi connectivity index (χ0n) is 45.9. The number of ketones is 1. The Balaban J connectivity index is 0.000000381. The number of allylic oxidation sites excluding steroid dienone is 2. The van der Waals surface area contributed by atoms with Gasteiger partial charge in [0.2, 0.25) is 0 Å². The number of benzene rings is 6. The van der Waals surface area contributed by atoms with E-state index in [4.69, 9.17) is 10.2 Å². The van der Waals surface area contributed by atoms with Crippen LogP contribution in [0.2, 0.25) is 0 Å². The molecule has 4 radical (unpaired) electrons. The molecule has 10 rings (SSSR count). The quantitative estimate of drug-likeness (QED) is 0.0598. The first-order valence-corrected chi connectivity index (χ1v) is 24.6. The number of carbonyl (C=O) groups excluding carboxylic acids is 1. The number of aliphatic hydroxyl groups is 2. The van der Waals surface area contributed by atoms with E-state index >= 15 is 0 Å². The van der Waals surface area contributed by atoms with Gasteiger partial charge in [-0.2, -0.15) is 0 Å². The number of hydrogen-bond acceptors (Lipinski definition) is 9. The maximum atomic E-state index is 14.2. The van der Waals surface area contributed by atoms with Gasteiger partial charge in [0.1, 0.15) is 0 Å². The van der Waals surface area contributed by atoms with E-state index in [9.17, 15) is 39.9 Å². The largest absolute Gasteiger partial charge is 0.512 e.